The Bertz CT molecular complexity index is 1210. The maximum atomic E-state index is 12.9. The van der Waals surface area contributed by atoms with Crippen LogP contribution in [0, 0.1) is 0 Å². The smallest absolute Gasteiger partial charge is 0.306 e. The molecule has 0 amide bonds. The minimum absolute atomic E-state index is 0.0705. The van der Waals surface area contributed by atoms with Crippen molar-refractivity contribution in [3.05, 3.63) is 24.3 Å². The van der Waals surface area contributed by atoms with E-state index in [1.165, 1.54) is 276 Å². The number of esters is 3. The molecule has 0 aliphatic rings. The van der Waals surface area contributed by atoms with Crippen LogP contribution < -0.4 is 0 Å². The van der Waals surface area contributed by atoms with Crippen molar-refractivity contribution in [3.8, 4) is 0 Å². The fraction of sp³-hybridized carbons (Fsp3) is 0.899. The number of hydrogen-bond donors (Lipinski definition) is 0. The summed E-state index contributed by atoms with van der Waals surface area (Å²) in [7, 11) is 0. The van der Waals surface area contributed by atoms with Crippen LogP contribution in [0.2, 0.25) is 0 Å². The summed E-state index contributed by atoms with van der Waals surface area (Å²) < 4.78 is 17.0. The molecule has 0 aliphatic heterocycles. The van der Waals surface area contributed by atoms with E-state index in [0.717, 1.165) is 64.2 Å². The second-order valence-corrected chi connectivity index (χ2v) is 23.1. The van der Waals surface area contributed by atoms with Gasteiger partial charge in [0.05, 0.1) is 0 Å². The zero-order chi connectivity index (χ0) is 54.3. The molecule has 6 nitrogen and oxygen atoms in total. The topological polar surface area (TPSA) is 78.9 Å². The average Bonchev–Trinajstić information content (AvgIpc) is 3.41. The first-order valence-corrected chi connectivity index (χ1v) is 33.8. The zero-order valence-electron chi connectivity index (χ0n) is 50.8. The van der Waals surface area contributed by atoms with E-state index in [1.807, 2.05) is 0 Å². The highest BCUT2D eigenvalue weighted by atomic mass is 16.6. The maximum Gasteiger partial charge on any atom is 0.306 e. The Morgan fingerprint density at radius 3 is 0.667 bits per heavy atom. The van der Waals surface area contributed by atoms with Crippen LogP contribution in [0.4, 0.5) is 0 Å². The molecule has 0 aromatic rings. The van der Waals surface area contributed by atoms with E-state index in [2.05, 4.69) is 45.1 Å². The van der Waals surface area contributed by atoms with E-state index in [9.17, 15) is 14.4 Å². The first-order valence-electron chi connectivity index (χ1n) is 33.8. The first-order chi connectivity index (χ1) is 37.0. The van der Waals surface area contributed by atoms with Gasteiger partial charge >= 0.3 is 17.9 Å². The summed E-state index contributed by atoms with van der Waals surface area (Å²) in [5, 5.41) is 0. The van der Waals surface area contributed by atoms with E-state index >= 15 is 0 Å². The minimum atomic E-state index is -0.775. The Balaban J connectivity index is 4.27. The molecular weight excluding hydrogens is 925 g/mol. The molecule has 0 rings (SSSR count). The fourth-order valence-electron chi connectivity index (χ4n) is 10.3. The van der Waals surface area contributed by atoms with Crippen molar-refractivity contribution in [2.75, 3.05) is 13.2 Å². The van der Waals surface area contributed by atoms with Crippen molar-refractivity contribution in [2.24, 2.45) is 0 Å². The van der Waals surface area contributed by atoms with Crippen LogP contribution in [0.3, 0.4) is 0 Å². The van der Waals surface area contributed by atoms with Crippen LogP contribution in [-0.4, -0.2) is 37.2 Å². The average molecular weight is 1060 g/mol. The Hall–Kier alpha value is -2.11. The lowest BCUT2D eigenvalue weighted by molar-refractivity contribution is -0.167. The molecular formula is C69H130O6. The Kier molecular flexibility index (Phi) is 62.6. The normalized spacial score (nSPS) is 12.1. The molecule has 0 heterocycles. The first kappa shape index (κ1) is 72.9. The van der Waals surface area contributed by atoms with Crippen molar-refractivity contribution in [3.63, 3.8) is 0 Å². The molecule has 1 unspecified atom stereocenters. The quantitative estimate of drug-likeness (QED) is 0.0261. The molecule has 75 heavy (non-hydrogen) atoms. The number of rotatable bonds is 63. The van der Waals surface area contributed by atoms with Crippen molar-refractivity contribution in [1.82, 2.24) is 0 Å². The summed E-state index contributed by atoms with van der Waals surface area (Å²) in [4.78, 5) is 38.4. The van der Waals surface area contributed by atoms with E-state index in [1.54, 1.807) is 0 Å². The number of unbranched alkanes of at least 4 members (excludes halogenated alkanes) is 48. The third kappa shape index (κ3) is 62.6. The molecule has 0 aromatic carbocycles. The van der Waals surface area contributed by atoms with Gasteiger partial charge in [-0.3, -0.25) is 14.4 Å². The molecule has 0 radical (unpaired) electrons. The number of carbonyl (C=O) groups is 3. The van der Waals surface area contributed by atoms with Gasteiger partial charge in [-0.15, -0.1) is 0 Å². The number of allylic oxidation sites excluding steroid dienone is 4. The molecule has 1 atom stereocenters. The van der Waals surface area contributed by atoms with Gasteiger partial charge in [0.1, 0.15) is 13.2 Å². The second kappa shape index (κ2) is 64.4. The fourth-order valence-corrected chi connectivity index (χ4v) is 10.3. The molecule has 6 heteroatoms. The lowest BCUT2D eigenvalue weighted by Gasteiger charge is -2.18. The third-order valence-electron chi connectivity index (χ3n) is 15.4. The van der Waals surface area contributed by atoms with Crippen molar-refractivity contribution < 1.29 is 28.6 Å². The predicted octanol–water partition coefficient (Wildman–Crippen LogP) is 23.0. The Labute approximate surface area is 468 Å². The summed E-state index contributed by atoms with van der Waals surface area (Å²) in [5.74, 6) is -0.855. The van der Waals surface area contributed by atoms with Gasteiger partial charge in [-0.05, 0) is 70.6 Å². The Morgan fingerprint density at radius 1 is 0.253 bits per heavy atom. The van der Waals surface area contributed by atoms with Gasteiger partial charge in [-0.25, -0.2) is 0 Å². The van der Waals surface area contributed by atoms with Crippen LogP contribution in [0.1, 0.15) is 380 Å². The monoisotopic (exact) mass is 1050 g/mol. The lowest BCUT2D eigenvalue weighted by Crippen LogP contribution is -2.30. The van der Waals surface area contributed by atoms with Crippen LogP contribution >= 0.6 is 0 Å². The molecule has 0 aliphatic carbocycles. The number of hydrogen-bond acceptors (Lipinski definition) is 6. The van der Waals surface area contributed by atoms with Crippen LogP contribution in [0.25, 0.3) is 0 Å². The van der Waals surface area contributed by atoms with E-state index in [-0.39, 0.29) is 31.1 Å². The van der Waals surface area contributed by atoms with Crippen molar-refractivity contribution in [1.29, 1.82) is 0 Å². The van der Waals surface area contributed by atoms with Gasteiger partial charge in [0, 0.05) is 19.3 Å². The zero-order valence-corrected chi connectivity index (χ0v) is 50.8. The molecule has 0 N–H and O–H groups in total. The highest BCUT2D eigenvalue weighted by Crippen LogP contribution is 2.18. The Morgan fingerprint density at radius 2 is 0.440 bits per heavy atom. The highest BCUT2D eigenvalue weighted by molar-refractivity contribution is 5.71. The summed E-state index contributed by atoms with van der Waals surface area (Å²) in [6.07, 6.45) is 77.7. The van der Waals surface area contributed by atoms with Gasteiger partial charge in [0.25, 0.3) is 0 Å². The standard InChI is InChI=1S/C69H130O6/c1-4-7-10-13-16-19-22-25-28-30-32-33-34-35-36-37-39-41-44-47-50-53-56-59-62-68(71)74-65-66(64-73-67(70)61-58-55-52-49-46-43-40-27-24-21-18-15-12-9-6-3)75-69(72)63-60-57-54-51-48-45-42-38-31-29-26-23-20-17-14-11-8-5-2/h27,29,31,40,66H,4-26,28,30,32-39,41-65H2,1-3H3/b31-29-,40-27-. The SMILES string of the molecule is CCCCCCCC/C=C\CCCCCCCC(=O)OCC(COC(=O)CCCCCCCCCCCCCCCCCCCCCCCCCC)OC(=O)CCCCCCCCC/C=C\CCCCCCCCC. The summed E-state index contributed by atoms with van der Waals surface area (Å²) in [6, 6.07) is 0. The van der Waals surface area contributed by atoms with Crippen LogP contribution in [-0.2, 0) is 28.6 Å². The predicted molar refractivity (Wildman–Crippen MR) is 326 cm³/mol. The molecule has 0 bridgehead atoms. The minimum Gasteiger partial charge on any atom is -0.462 e. The van der Waals surface area contributed by atoms with Gasteiger partial charge in [0.15, 0.2) is 6.10 Å². The van der Waals surface area contributed by atoms with E-state index in [0.29, 0.717) is 19.3 Å². The molecule has 0 saturated carbocycles. The molecule has 442 valence electrons. The molecule has 0 saturated heterocycles. The summed E-state index contributed by atoms with van der Waals surface area (Å²) in [6.45, 7) is 6.70. The van der Waals surface area contributed by atoms with E-state index in [4.69, 9.17) is 14.2 Å². The van der Waals surface area contributed by atoms with E-state index < -0.39 is 6.10 Å². The van der Waals surface area contributed by atoms with Gasteiger partial charge in [-0.2, -0.15) is 0 Å². The third-order valence-corrected chi connectivity index (χ3v) is 15.4. The summed E-state index contributed by atoms with van der Waals surface area (Å²) >= 11 is 0. The van der Waals surface area contributed by atoms with Gasteiger partial charge in [0.2, 0.25) is 0 Å². The molecule has 0 aromatic heterocycles. The lowest BCUT2D eigenvalue weighted by atomic mass is 10.0. The second-order valence-electron chi connectivity index (χ2n) is 23.1. The maximum absolute atomic E-state index is 12.9. The van der Waals surface area contributed by atoms with Crippen LogP contribution in [0.15, 0.2) is 24.3 Å². The highest BCUT2D eigenvalue weighted by Gasteiger charge is 2.19. The van der Waals surface area contributed by atoms with Crippen LogP contribution in [0.5, 0.6) is 0 Å². The molecule has 0 spiro atoms. The van der Waals surface area contributed by atoms with Gasteiger partial charge < -0.3 is 14.2 Å². The van der Waals surface area contributed by atoms with Gasteiger partial charge in [-0.1, -0.05) is 315 Å². The largest absolute Gasteiger partial charge is 0.462 e. The number of carbonyl (C=O) groups excluding carboxylic acids is 3. The van der Waals surface area contributed by atoms with Crippen molar-refractivity contribution in [2.45, 2.75) is 386 Å². The number of ether oxygens (including phenoxy) is 3. The molecule has 0 fully saturated rings. The summed E-state index contributed by atoms with van der Waals surface area (Å²) in [5.41, 5.74) is 0. The van der Waals surface area contributed by atoms with Crippen molar-refractivity contribution >= 4 is 17.9 Å².